The maximum atomic E-state index is 5.26. The van der Waals surface area contributed by atoms with Crippen molar-refractivity contribution in [3.05, 3.63) is 198 Å². The molecule has 9 aromatic rings. The van der Waals surface area contributed by atoms with Crippen LogP contribution in [-0.4, -0.2) is 4.98 Å². The van der Waals surface area contributed by atoms with E-state index in [1.54, 1.807) is 0 Å². The number of thiophene rings is 1. The highest BCUT2D eigenvalue weighted by atomic mass is 32.2. The molecular weight excluding hydrogens is 655 g/mol. The molecule has 3 heterocycles. The van der Waals surface area contributed by atoms with E-state index in [2.05, 4.69) is 176 Å². The molecule has 0 bridgehead atoms. The summed E-state index contributed by atoms with van der Waals surface area (Å²) in [6, 6.07) is 64.5. The Morgan fingerprint density at radius 3 is 1.75 bits per heavy atom. The second-order valence-electron chi connectivity index (χ2n) is 13.4. The molecule has 2 aromatic heterocycles. The van der Waals surface area contributed by atoms with Gasteiger partial charge in [0.05, 0.1) is 16.8 Å². The molecule has 0 saturated carbocycles. The predicted molar refractivity (Wildman–Crippen MR) is 215 cm³/mol. The summed E-state index contributed by atoms with van der Waals surface area (Å²) in [6.07, 6.45) is 0. The number of pyridine rings is 1. The molecule has 1 aliphatic heterocycles. The van der Waals surface area contributed by atoms with Crippen LogP contribution in [0.15, 0.2) is 186 Å². The van der Waals surface area contributed by atoms with E-state index in [-0.39, 0.29) is 5.41 Å². The third-order valence-corrected chi connectivity index (χ3v) is 13.3. The summed E-state index contributed by atoms with van der Waals surface area (Å²) in [5.74, 6) is 0. The van der Waals surface area contributed by atoms with Crippen molar-refractivity contribution in [3.8, 4) is 44.8 Å². The van der Waals surface area contributed by atoms with Gasteiger partial charge in [0.15, 0.2) is 0 Å². The fraction of sp³-hybridized carbons (Fsp3) is 0.0208. The third-order valence-electron chi connectivity index (χ3n) is 10.8. The van der Waals surface area contributed by atoms with Crippen molar-refractivity contribution in [1.82, 2.24) is 4.98 Å². The number of hydrogen-bond acceptors (Lipinski definition) is 3. The van der Waals surface area contributed by atoms with Gasteiger partial charge in [0.2, 0.25) is 0 Å². The van der Waals surface area contributed by atoms with Crippen LogP contribution in [0.2, 0.25) is 0 Å². The van der Waals surface area contributed by atoms with E-state index in [0.717, 1.165) is 22.5 Å². The van der Waals surface area contributed by atoms with Gasteiger partial charge in [-0.05, 0) is 74.8 Å². The lowest BCUT2D eigenvalue weighted by Gasteiger charge is -2.39. The Morgan fingerprint density at radius 1 is 0.412 bits per heavy atom. The second kappa shape index (κ2) is 11.1. The minimum Gasteiger partial charge on any atom is -0.248 e. The minimum absolute atomic E-state index is 0.366. The Balaban J connectivity index is 1.14. The van der Waals surface area contributed by atoms with Gasteiger partial charge in [0, 0.05) is 41.1 Å². The Kier molecular flexibility index (Phi) is 6.34. The van der Waals surface area contributed by atoms with Crippen LogP contribution in [0.4, 0.5) is 0 Å². The number of hydrogen-bond donors (Lipinski definition) is 0. The zero-order valence-corrected chi connectivity index (χ0v) is 29.1. The summed E-state index contributed by atoms with van der Waals surface area (Å²) in [7, 11) is 0. The van der Waals surface area contributed by atoms with E-state index in [9.17, 15) is 0 Å². The standard InChI is InChI=1S/C48H29NS2/c1-3-13-30(14-4-1)33-28-42(31-15-5-2-6-16-31)49-43(29-33)32-23-26-44-37(27-32)36-24-25-41-47(46(36)50-44)51-45-22-12-11-21-40(45)48(41)38-19-9-7-17-34(38)35-18-8-10-20-39(35)48/h1-29H. The van der Waals surface area contributed by atoms with E-state index in [1.165, 1.54) is 74.5 Å². The van der Waals surface area contributed by atoms with Gasteiger partial charge in [0.25, 0.3) is 0 Å². The highest BCUT2D eigenvalue weighted by Crippen LogP contribution is 2.63. The molecule has 238 valence electrons. The first kappa shape index (κ1) is 29.0. The molecule has 7 aromatic carbocycles. The molecule has 1 aliphatic carbocycles. The molecule has 0 saturated heterocycles. The van der Waals surface area contributed by atoms with Crippen LogP contribution in [0.25, 0.3) is 64.9 Å². The smallest absolute Gasteiger partial charge is 0.0735 e. The van der Waals surface area contributed by atoms with E-state index in [0.29, 0.717) is 0 Å². The van der Waals surface area contributed by atoms with Crippen molar-refractivity contribution < 1.29 is 0 Å². The third kappa shape index (κ3) is 4.20. The summed E-state index contributed by atoms with van der Waals surface area (Å²) in [4.78, 5) is 7.96. The number of aromatic nitrogens is 1. The van der Waals surface area contributed by atoms with Crippen molar-refractivity contribution in [2.75, 3.05) is 0 Å². The van der Waals surface area contributed by atoms with Crippen molar-refractivity contribution in [1.29, 1.82) is 0 Å². The van der Waals surface area contributed by atoms with Gasteiger partial charge >= 0.3 is 0 Å². The molecule has 51 heavy (non-hydrogen) atoms. The first-order valence-electron chi connectivity index (χ1n) is 17.4. The Labute approximate surface area is 304 Å². The number of fused-ring (bicyclic) bond motifs is 13. The second-order valence-corrected chi connectivity index (χ2v) is 15.5. The van der Waals surface area contributed by atoms with Gasteiger partial charge in [-0.2, -0.15) is 0 Å². The van der Waals surface area contributed by atoms with Crippen LogP contribution in [-0.2, 0) is 5.41 Å². The monoisotopic (exact) mass is 683 g/mol. The van der Waals surface area contributed by atoms with Gasteiger partial charge in [-0.1, -0.05) is 157 Å². The number of rotatable bonds is 3. The molecule has 2 aliphatic rings. The minimum atomic E-state index is -0.366. The van der Waals surface area contributed by atoms with Gasteiger partial charge in [-0.3, -0.25) is 0 Å². The zero-order valence-electron chi connectivity index (χ0n) is 27.5. The molecule has 1 nitrogen and oxygen atoms in total. The van der Waals surface area contributed by atoms with Gasteiger partial charge in [0.1, 0.15) is 0 Å². The maximum absolute atomic E-state index is 5.26. The molecule has 0 N–H and O–H groups in total. The van der Waals surface area contributed by atoms with Gasteiger partial charge in [-0.15, -0.1) is 11.3 Å². The van der Waals surface area contributed by atoms with Crippen LogP contribution in [0.3, 0.4) is 0 Å². The Morgan fingerprint density at radius 2 is 1.02 bits per heavy atom. The molecular formula is C48H29NS2. The molecule has 11 rings (SSSR count). The number of nitrogens with zero attached hydrogens (tertiary/aromatic N) is 1. The highest BCUT2D eigenvalue weighted by molar-refractivity contribution is 8.00. The molecule has 0 unspecified atom stereocenters. The largest absolute Gasteiger partial charge is 0.248 e. The van der Waals surface area contributed by atoms with Crippen LogP contribution in [0.1, 0.15) is 22.3 Å². The first-order valence-corrected chi connectivity index (χ1v) is 19.0. The molecule has 0 radical (unpaired) electrons. The van der Waals surface area contributed by atoms with Crippen molar-refractivity contribution >= 4 is 43.3 Å². The van der Waals surface area contributed by atoms with Crippen LogP contribution >= 0.6 is 23.1 Å². The highest BCUT2D eigenvalue weighted by Gasteiger charge is 2.50. The van der Waals surface area contributed by atoms with Crippen LogP contribution in [0.5, 0.6) is 0 Å². The quantitative estimate of drug-likeness (QED) is 0.184. The predicted octanol–water partition coefficient (Wildman–Crippen LogP) is 13.3. The lowest BCUT2D eigenvalue weighted by atomic mass is 9.67. The first-order chi connectivity index (χ1) is 25.3. The summed E-state index contributed by atoms with van der Waals surface area (Å²) < 4.78 is 2.65. The van der Waals surface area contributed by atoms with E-state index in [4.69, 9.17) is 4.98 Å². The average molecular weight is 684 g/mol. The summed E-state index contributed by atoms with van der Waals surface area (Å²) in [6.45, 7) is 0. The number of benzene rings is 7. The lowest BCUT2D eigenvalue weighted by Crippen LogP contribution is -2.31. The van der Waals surface area contributed by atoms with E-state index in [1.807, 2.05) is 23.1 Å². The topological polar surface area (TPSA) is 12.9 Å². The summed E-state index contributed by atoms with van der Waals surface area (Å²) in [5.41, 5.74) is 14.4. The van der Waals surface area contributed by atoms with Crippen molar-refractivity contribution in [2.45, 2.75) is 15.2 Å². The fourth-order valence-electron chi connectivity index (χ4n) is 8.54. The zero-order chi connectivity index (χ0) is 33.5. The Hall–Kier alpha value is -5.74. The lowest BCUT2D eigenvalue weighted by molar-refractivity contribution is 0.726. The van der Waals surface area contributed by atoms with E-state index < -0.39 is 0 Å². The SMILES string of the molecule is c1ccc(-c2cc(-c3ccccc3)nc(-c3ccc4sc5c6c(ccc5c4c3)C3(c4ccccc4S6)c4ccccc4-c4ccccc43)c2)cc1. The van der Waals surface area contributed by atoms with Crippen LogP contribution < -0.4 is 0 Å². The summed E-state index contributed by atoms with van der Waals surface area (Å²) in [5, 5.41) is 2.59. The average Bonchev–Trinajstić information content (AvgIpc) is 3.73. The Bertz CT molecular complexity index is 2730. The maximum Gasteiger partial charge on any atom is 0.0735 e. The molecule has 0 atom stereocenters. The van der Waals surface area contributed by atoms with Crippen molar-refractivity contribution in [2.24, 2.45) is 0 Å². The van der Waals surface area contributed by atoms with Gasteiger partial charge < -0.3 is 0 Å². The molecule has 0 amide bonds. The van der Waals surface area contributed by atoms with E-state index >= 15 is 0 Å². The fourth-order valence-corrected chi connectivity index (χ4v) is 11.1. The molecule has 3 heteroatoms. The van der Waals surface area contributed by atoms with Crippen LogP contribution in [0, 0.1) is 0 Å². The van der Waals surface area contributed by atoms with Gasteiger partial charge in [-0.25, -0.2) is 4.98 Å². The molecule has 0 fully saturated rings. The normalized spacial score (nSPS) is 13.6. The summed E-state index contributed by atoms with van der Waals surface area (Å²) >= 11 is 3.85. The molecule has 1 spiro atoms. The van der Waals surface area contributed by atoms with Crippen molar-refractivity contribution in [3.63, 3.8) is 0 Å².